The standard InChI is InChI=1S/C17H11NO4/c1-22-11-7-3-4-8-13(11)17(21)18-15-9-5-2-6-10(19)12(9)16(20)14(8)15/h2-7,19H,1H3,(H,18,21). The van der Waals surface area contributed by atoms with E-state index in [-0.39, 0.29) is 22.7 Å². The van der Waals surface area contributed by atoms with Crippen molar-refractivity contribution >= 4 is 16.6 Å². The number of phenolic OH excluding ortho intramolecular Hbond substituents is 1. The number of ether oxygens (including phenoxy) is 1. The van der Waals surface area contributed by atoms with Crippen molar-refractivity contribution in [3.63, 3.8) is 0 Å². The molecule has 0 spiro atoms. The van der Waals surface area contributed by atoms with Gasteiger partial charge in [-0.2, -0.15) is 0 Å². The summed E-state index contributed by atoms with van der Waals surface area (Å²) in [6, 6.07) is 9.94. The lowest BCUT2D eigenvalue weighted by Gasteiger charge is -2.08. The molecule has 5 heteroatoms. The fourth-order valence-corrected chi connectivity index (χ4v) is 3.07. The van der Waals surface area contributed by atoms with Gasteiger partial charge >= 0.3 is 0 Å². The average Bonchev–Trinajstić information content (AvgIpc) is 2.81. The first-order valence-corrected chi connectivity index (χ1v) is 6.73. The number of hydrogen-bond donors (Lipinski definition) is 2. The van der Waals surface area contributed by atoms with E-state index in [0.29, 0.717) is 33.3 Å². The largest absolute Gasteiger partial charge is 0.507 e. The minimum atomic E-state index is -0.324. The van der Waals surface area contributed by atoms with Crippen molar-refractivity contribution in [1.82, 2.24) is 4.98 Å². The second-order valence-corrected chi connectivity index (χ2v) is 5.12. The Morgan fingerprint density at radius 2 is 1.82 bits per heavy atom. The van der Waals surface area contributed by atoms with Crippen LogP contribution in [-0.4, -0.2) is 23.0 Å². The van der Waals surface area contributed by atoms with E-state index in [4.69, 9.17) is 4.74 Å². The van der Waals surface area contributed by atoms with Crippen LogP contribution >= 0.6 is 0 Å². The summed E-state index contributed by atoms with van der Waals surface area (Å²) in [5.74, 6) is 0.0303. The molecule has 0 atom stereocenters. The molecular weight excluding hydrogens is 282 g/mol. The van der Waals surface area contributed by atoms with Gasteiger partial charge in [0.05, 0.1) is 29.3 Å². The first kappa shape index (κ1) is 12.6. The molecule has 22 heavy (non-hydrogen) atoms. The third kappa shape index (κ3) is 1.42. The Kier molecular flexibility index (Phi) is 2.42. The Morgan fingerprint density at radius 1 is 1.05 bits per heavy atom. The number of fused-ring (bicyclic) bond motifs is 5. The molecule has 0 radical (unpaired) electrons. The Labute approximate surface area is 124 Å². The highest BCUT2D eigenvalue weighted by molar-refractivity contribution is 6.27. The van der Waals surface area contributed by atoms with Gasteiger partial charge < -0.3 is 14.8 Å². The number of ketones is 1. The number of rotatable bonds is 1. The van der Waals surface area contributed by atoms with Gasteiger partial charge in [0.15, 0.2) is 5.78 Å². The van der Waals surface area contributed by atoms with Crippen LogP contribution in [0.4, 0.5) is 0 Å². The molecule has 0 amide bonds. The van der Waals surface area contributed by atoms with Crippen LogP contribution in [0.25, 0.3) is 22.0 Å². The smallest absolute Gasteiger partial charge is 0.260 e. The topological polar surface area (TPSA) is 79.4 Å². The van der Waals surface area contributed by atoms with Gasteiger partial charge in [-0.1, -0.05) is 24.3 Å². The van der Waals surface area contributed by atoms with Crippen LogP contribution < -0.4 is 10.3 Å². The highest BCUT2D eigenvalue weighted by Gasteiger charge is 2.32. The van der Waals surface area contributed by atoms with Gasteiger partial charge in [-0.25, -0.2) is 0 Å². The zero-order valence-electron chi connectivity index (χ0n) is 11.6. The third-order valence-electron chi connectivity index (χ3n) is 4.00. The van der Waals surface area contributed by atoms with E-state index in [1.54, 1.807) is 30.3 Å². The molecule has 0 fully saturated rings. The number of carbonyl (C=O) groups excluding carboxylic acids is 1. The lowest BCUT2D eigenvalue weighted by atomic mass is 10.0. The van der Waals surface area contributed by atoms with Crippen molar-refractivity contribution in [1.29, 1.82) is 0 Å². The summed E-state index contributed by atoms with van der Waals surface area (Å²) in [4.78, 5) is 27.9. The van der Waals surface area contributed by atoms with Crippen LogP contribution in [0.1, 0.15) is 15.9 Å². The molecule has 0 bridgehead atoms. The molecule has 1 aromatic heterocycles. The Bertz CT molecular complexity index is 1020. The number of aromatic amines is 1. The van der Waals surface area contributed by atoms with Crippen LogP contribution in [0.5, 0.6) is 11.5 Å². The van der Waals surface area contributed by atoms with E-state index >= 15 is 0 Å². The molecule has 0 aliphatic heterocycles. The van der Waals surface area contributed by atoms with E-state index in [2.05, 4.69) is 4.98 Å². The van der Waals surface area contributed by atoms with Gasteiger partial charge in [-0.05, 0) is 12.1 Å². The summed E-state index contributed by atoms with van der Waals surface area (Å²) in [5, 5.41) is 10.8. The van der Waals surface area contributed by atoms with Crippen LogP contribution in [0.2, 0.25) is 0 Å². The minimum absolute atomic E-state index is 0.0874. The summed E-state index contributed by atoms with van der Waals surface area (Å²) >= 11 is 0. The fraction of sp³-hybridized carbons (Fsp3) is 0.0588. The Morgan fingerprint density at radius 3 is 2.59 bits per heavy atom. The number of benzene rings is 2. The molecule has 0 unspecified atom stereocenters. The van der Waals surface area contributed by atoms with Crippen molar-refractivity contribution in [2.75, 3.05) is 7.11 Å². The number of aromatic nitrogens is 1. The van der Waals surface area contributed by atoms with E-state index in [0.717, 1.165) is 0 Å². The van der Waals surface area contributed by atoms with Crippen molar-refractivity contribution < 1.29 is 14.6 Å². The number of aromatic hydroxyl groups is 1. The molecule has 1 heterocycles. The molecule has 0 saturated carbocycles. The van der Waals surface area contributed by atoms with Crippen LogP contribution in [-0.2, 0) is 0 Å². The van der Waals surface area contributed by atoms with Crippen LogP contribution in [0.15, 0.2) is 41.2 Å². The predicted octanol–water partition coefficient (Wildman–Crippen LogP) is 2.45. The highest BCUT2D eigenvalue weighted by Crippen LogP contribution is 2.42. The zero-order chi connectivity index (χ0) is 15.4. The first-order valence-electron chi connectivity index (χ1n) is 6.73. The third-order valence-corrected chi connectivity index (χ3v) is 4.00. The van der Waals surface area contributed by atoms with E-state index < -0.39 is 0 Å². The van der Waals surface area contributed by atoms with Crippen molar-refractivity contribution in [2.45, 2.75) is 0 Å². The van der Waals surface area contributed by atoms with Crippen LogP contribution in [0.3, 0.4) is 0 Å². The maximum absolute atomic E-state index is 12.7. The van der Waals surface area contributed by atoms with E-state index in [1.165, 1.54) is 13.2 Å². The van der Waals surface area contributed by atoms with Gasteiger partial charge in [-0.15, -0.1) is 0 Å². The number of H-pyrrole nitrogens is 1. The molecule has 2 aromatic carbocycles. The highest BCUT2D eigenvalue weighted by atomic mass is 16.5. The van der Waals surface area contributed by atoms with Gasteiger partial charge in [0.1, 0.15) is 11.5 Å². The van der Waals surface area contributed by atoms with Gasteiger partial charge in [-0.3, -0.25) is 9.59 Å². The number of hydrogen-bond acceptors (Lipinski definition) is 4. The molecule has 2 N–H and O–H groups in total. The van der Waals surface area contributed by atoms with Crippen molar-refractivity contribution in [3.8, 4) is 22.8 Å². The van der Waals surface area contributed by atoms with Crippen molar-refractivity contribution in [3.05, 3.63) is 57.9 Å². The first-order chi connectivity index (χ1) is 10.6. The molecule has 0 saturated heterocycles. The lowest BCUT2D eigenvalue weighted by molar-refractivity contribution is 0.104. The Balaban J connectivity index is 2.21. The normalized spacial score (nSPS) is 12.3. The van der Waals surface area contributed by atoms with E-state index in [9.17, 15) is 14.7 Å². The quantitative estimate of drug-likeness (QED) is 0.565. The number of carbonyl (C=O) groups is 1. The molecule has 1 aliphatic carbocycles. The number of phenols is 1. The molecule has 108 valence electrons. The number of pyridine rings is 1. The molecule has 3 aromatic rings. The van der Waals surface area contributed by atoms with Crippen LogP contribution in [0, 0.1) is 0 Å². The van der Waals surface area contributed by atoms with Crippen molar-refractivity contribution in [2.24, 2.45) is 0 Å². The summed E-state index contributed by atoms with van der Waals surface area (Å²) in [5.41, 5.74) is 1.28. The lowest BCUT2D eigenvalue weighted by Crippen LogP contribution is -2.11. The molecule has 4 rings (SSSR count). The molecular formula is C17H11NO4. The Hall–Kier alpha value is -3.08. The van der Waals surface area contributed by atoms with Gasteiger partial charge in [0.25, 0.3) is 5.56 Å². The van der Waals surface area contributed by atoms with E-state index in [1.807, 2.05) is 0 Å². The second kappa shape index (κ2) is 4.21. The maximum atomic E-state index is 12.7. The van der Waals surface area contributed by atoms with Gasteiger partial charge in [0.2, 0.25) is 0 Å². The zero-order valence-corrected chi connectivity index (χ0v) is 11.6. The monoisotopic (exact) mass is 293 g/mol. The summed E-state index contributed by atoms with van der Waals surface area (Å²) in [7, 11) is 1.48. The number of nitrogens with one attached hydrogen (secondary N) is 1. The molecule has 5 nitrogen and oxygen atoms in total. The van der Waals surface area contributed by atoms with Gasteiger partial charge in [0, 0.05) is 10.9 Å². The maximum Gasteiger partial charge on any atom is 0.260 e. The fourth-order valence-electron chi connectivity index (χ4n) is 3.07. The average molecular weight is 293 g/mol. The summed E-state index contributed by atoms with van der Waals surface area (Å²) in [6.45, 7) is 0. The predicted molar refractivity (Wildman–Crippen MR) is 81.7 cm³/mol. The summed E-state index contributed by atoms with van der Waals surface area (Å²) < 4.78 is 5.22. The number of methoxy groups -OCH3 is 1. The SMILES string of the molecule is COc1cccc2c3c([nH]c(=O)c12)-c1cccc(O)c1C3=O. The second-order valence-electron chi connectivity index (χ2n) is 5.12. The molecule has 1 aliphatic rings. The minimum Gasteiger partial charge on any atom is -0.507 e. The summed E-state index contributed by atoms with van der Waals surface area (Å²) in [6.07, 6.45) is 0.